The zero-order valence-corrected chi connectivity index (χ0v) is 13.1. The minimum Gasteiger partial charge on any atom is -0.367 e. The van der Waals surface area contributed by atoms with Crippen LogP contribution in [0.4, 0.5) is 24.7 Å². The summed E-state index contributed by atoms with van der Waals surface area (Å²) < 4.78 is 39.0. The largest absolute Gasteiger partial charge is 0.418 e. The quantitative estimate of drug-likeness (QED) is 0.770. The van der Waals surface area contributed by atoms with Crippen molar-refractivity contribution in [3.63, 3.8) is 0 Å². The van der Waals surface area contributed by atoms with Gasteiger partial charge in [0, 0.05) is 17.8 Å². The minimum absolute atomic E-state index is 0.0698. The number of aromatic nitrogens is 1. The Morgan fingerprint density at radius 3 is 2.62 bits per heavy atom. The van der Waals surface area contributed by atoms with E-state index in [-0.39, 0.29) is 16.3 Å². The Bertz CT molecular complexity index is 745. The number of amides is 1. The molecule has 0 spiro atoms. The van der Waals surface area contributed by atoms with Crippen molar-refractivity contribution in [2.24, 2.45) is 0 Å². The molecular formula is C16H13ClF3N3O. The summed E-state index contributed by atoms with van der Waals surface area (Å²) in [5.74, 6) is -0.181. The van der Waals surface area contributed by atoms with Crippen LogP contribution in [0.3, 0.4) is 0 Å². The highest BCUT2D eigenvalue weighted by atomic mass is 35.5. The lowest BCUT2D eigenvalue weighted by molar-refractivity contribution is -0.136. The van der Waals surface area contributed by atoms with Gasteiger partial charge in [0.05, 0.1) is 16.8 Å². The van der Waals surface area contributed by atoms with Gasteiger partial charge in [-0.15, -0.1) is 6.58 Å². The summed E-state index contributed by atoms with van der Waals surface area (Å²) >= 11 is 5.60. The summed E-state index contributed by atoms with van der Waals surface area (Å²) in [4.78, 5) is 16.1. The van der Waals surface area contributed by atoms with Gasteiger partial charge in [-0.2, -0.15) is 13.2 Å². The van der Waals surface area contributed by atoms with Crippen LogP contribution in [0.15, 0.2) is 49.2 Å². The van der Waals surface area contributed by atoms with E-state index in [1.54, 1.807) is 12.1 Å². The Morgan fingerprint density at radius 1 is 1.29 bits per heavy atom. The Kier molecular flexibility index (Phi) is 5.46. The van der Waals surface area contributed by atoms with Crippen molar-refractivity contribution in [1.29, 1.82) is 0 Å². The van der Waals surface area contributed by atoms with E-state index in [4.69, 9.17) is 11.6 Å². The molecule has 0 bridgehead atoms. The number of nitrogens with one attached hydrogen (secondary N) is 2. The van der Waals surface area contributed by atoms with Crippen molar-refractivity contribution >= 4 is 29.0 Å². The van der Waals surface area contributed by atoms with Gasteiger partial charge in [-0.1, -0.05) is 17.7 Å². The summed E-state index contributed by atoms with van der Waals surface area (Å²) in [5.41, 5.74) is -1.26. The average Bonchev–Trinajstić information content (AvgIpc) is 2.54. The smallest absolute Gasteiger partial charge is 0.367 e. The Balaban J connectivity index is 2.19. The number of alkyl halides is 3. The van der Waals surface area contributed by atoms with Crippen molar-refractivity contribution in [2.75, 3.05) is 17.2 Å². The van der Waals surface area contributed by atoms with Crippen molar-refractivity contribution in [3.05, 3.63) is 65.3 Å². The molecule has 1 aromatic carbocycles. The first-order chi connectivity index (χ1) is 11.3. The van der Waals surface area contributed by atoms with Gasteiger partial charge in [0.1, 0.15) is 5.82 Å². The van der Waals surface area contributed by atoms with Crippen LogP contribution in [0.1, 0.15) is 15.9 Å². The van der Waals surface area contributed by atoms with Crippen molar-refractivity contribution in [1.82, 2.24) is 4.98 Å². The van der Waals surface area contributed by atoms with E-state index < -0.39 is 17.6 Å². The number of nitrogens with zero attached hydrogens (tertiary/aromatic N) is 1. The van der Waals surface area contributed by atoms with Gasteiger partial charge in [-0.05, 0) is 30.3 Å². The fraction of sp³-hybridized carbons (Fsp3) is 0.125. The third kappa shape index (κ3) is 4.48. The predicted molar refractivity (Wildman–Crippen MR) is 87.3 cm³/mol. The molecule has 0 aliphatic heterocycles. The van der Waals surface area contributed by atoms with Crippen molar-refractivity contribution in [3.8, 4) is 0 Å². The molecule has 2 aromatic rings. The number of carbonyl (C=O) groups is 1. The lowest BCUT2D eigenvalue weighted by Gasteiger charge is -2.14. The molecule has 0 fully saturated rings. The highest BCUT2D eigenvalue weighted by Gasteiger charge is 2.34. The third-order valence-corrected chi connectivity index (χ3v) is 3.22. The molecule has 0 aliphatic carbocycles. The first kappa shape index (κ1) is 17.8. The molecule has 1 heterocycles. The van der Waals surface area contributed by atoms with Crippen LogP contribution in [0.2, 0.25) is 5.02 Å². The first-order valence-electron chi connectivity index (χ1n) is 6.80. The maximum Gasteiger partial charge on any atom is 0.418 e. The SMILES string of the molecule is C=CCNc1ccc(C(=O)Nc2ccc(Cl)cc2C(F)(F)F)cn1. The molecule has 0 saturated carbocycles. The zero-order valence-electron chi connectivity index (χ0n) is 12.3. The molecular weight excluding hydrogens is 343 g/mol. The molecule has 1 aromatic heterocycles. The normalized spacial score (nSPS) is 11.0. The summed E-state index contributed by atoms with van der Waals surface area (Å²) in [6.07, 6.45) is -1.73. The van der Waals surface area contributed by atoms with Gasteiger partial charge < -0.3 is 10.6 Å². The fourth-order valence-electron chi connectivity index (χ4n) is 1.86. The van der Waals surface area contributed by atoms with Crippen LogP contribution in [0.5, 0.6) is 0 Å². The van der Waals surface area contributed by atoms with Gasteiger partial charge in [0.2, 0.25) is 0 Å². The van der Waals surface area contributed by atoms with E-state index in [0.717, 1.165) is 12.1 Å². The van der Waals surface area contributed by atoms with Gasteiger partial charge in [-0.25, -0.2) is 4.98 Å². The maximum atomic E-state index is 13.0. The Morgan fingerprint density at radius 2 is 2.04 bits per heavy atom. The number of anilines is 2. The number of hydrogen-bond donors (Lipinski definition) is 2. The van der Waals surface area contributed by atoms with Crippen LogP contribution in [-0.4, -0.2) is 17.4 Å². The second kappa shape index (κ2) is 7.35. The number of carbonyl (C=O) groups excluding carboxylic acids is 1. The summed E-state index contributed by atoms with van der Waals surface area (Å²) in [6, 6.07) is 6.14. The predicted octanol–water partition coefficient (Wildman–Crippen LogP) is 4.60. The van der Waals surface area contributed by atoms with Gasteiger partial charge in [0.25, 0.3) is 5.91 Å². The average molecular weight is 356 g/mol. The van der Waals surface area contributed by atoms with E-state index in [2.05, 4.69) is 22.2 Å². The highest BCUT2D eigenvalue weighted by molar-refractivity contribution is 6.30. The molecule has 0 atom stereocenters. The molecule has 24 heavy (non-hydrogen) atoms. The van der Waals surface area contributed by atoms with Crippen LogP contribution in [-0.2, 0) is 6.18 Å². The number of rotatable bonds is 5. The zero-order chi connectivity index (χ0) is 17.7. The molecule has 2 N–H and O–H groups in total. The number of halogens is 4. The topological polar surface area (TPSA) is 54.0 Å². The van der Waals surface area contributed by atoms with E-state index in [1.807, 2.05) is 0 Å². The minimum atomic E-state index is -4.63. The van der Waals surface area contributed by atoms with Crippen molar-refractivity contribution in [2.45, 2.75) is 6.18 Å². The monoisotopic (exact) mass is 355 g/mol. The highest BCUT2D eigenvalue weighted by Crippen LogP contribution is 2.36. The van der Waals surface area contributed by atoms with Crippen LogP contribution < -0.4 is 10.6 Å². The summed E-state index contributed by atoms with van der Waals surface area (Å²) in [7, 11) is 0. The lowest BCUT2D eigenvalue weighted by atomic mass is 10.1. The van der Waals surface area contributed by atoms with Gasteiger partial charge >= 0.3 is 6.18 Å². The van der Waals surface area contributed by atoms with E-state index >= 15 is 0 Å². The number of hydrogen-bond acceptors (Lipinski definition) is 3. The molecule has 2 rings (SSSR count). The summed E-state index contributed by atoms with van der Waals surface area (Å²) in [6.45, 7) is 4.05. The number of benzene rings is 1. The molecule has 4 nitrogen and oxygen atoms in total. The molecule has 0 unspecified atom stereocenters. The van der Waals surface area contributed by atoms with Crippen LogP contribution >= 0.6 is 11.6 Å². The third-order valence-electron chi connectivity index (χ3n) is 2.99. The fourth-order valence-corrected chi connectivity index (χ4v) is 2.04. The van der Waals surface area contributed by atoms with Crippen molar-refractivity contribution < 1.29 is 18.0 Å². The first-order valence-corrected chi connectivity index (χ1v) is 7.18. The molecule has 0 radical (unpaired) electrons. The second-order valence-corrected chi connectivity index (χ2v) is 5.18. The number of pyridine rings is 1. The maximum absolute atomic E-state index is 13.0. The molecule has 0 aliphatic rings. The Labute approximate surface area is 141 Å². The lowest BCUT2D eigenvalue weighted by Crippen LogP contribution is -2.17. The molecule has 1 amide bonds. The van der Waals surface area contributed by atoms with Crippen LogP contribution in [0.25, 0.3) is 0 Å². The van der Waals surface area contributed by atoms with E-state index in [9.17, 15) is 18.0 Å². The molecule has 8 heteroatoms. The second-order valence-electron chi connectivity index (χ2n) is 4.74. The van der Waals surface area contributed by atoms with E-state index in [0.29, 0.717) is 12.4 Å². The molecule has 126 valence electrons. The van der Waals surface area contributed by atoms with Crippen LogP contribution in [0, 0.1) is 0 Å². The molecule has 0 saturated heterocycles. The van der Waals surface area contributed by atoms with Gasteiger partial charge in [0.15, 0.2) is 0 Å². The standard InChI is InChI=1S/C16H13ClF3N3O/c1-2-7-21-14-6-3-10(9-22-14)15(24)23-13-5-4-11(17)8-12(13)16(18,19)20/h2-6,8-9H,1,7H2,(H,21,22)(H,23,24). The van der Waals surface area contributed by atoms with Gasteiger partial charge in [-0.3, -0.25) is 4.79 Å². The van der Waals surface area contributed by atoms with E-state index in [1.165, 1.54) is 18.3 Å². The Hall–Kier alpha value is -2.54. The summed E-state index contributed by atoms with van der Waals surface area (Å²) in [5, 5.41) is 5.08.